The van der Waals surface area contributed by atoms with Gasteiger partial charge in [0.2, 0.25) is 6.29 Å². The molecule has 13 nitrogen and oxygen atoms in total. The van der Waals surface area contributed by atoms with E-state index in [1.54, 1.807) is 13.8 Å². The Labute approximate surface area is 246 Å². The normalized spacial score (nSPS) is 21.2. The minimum Gasteiger partial charge on any atom is -0.508 e. The zero-order chi connectivity index (χ0) is 31.6. The number of anilines is 1. The fourth-order valence-corrected chi connectivity index (χ4v) is 4.82. The van der Waals surface area contributed by atoms with E-state index in [9.17, 15) is 29.7 Å². The second kappa shape index (κ2) is 12.3. The lowest BCUT2D eigenvalue weighted by Crippen LogP contribution is -2.65. The molecular weight excluding hydrogens is 564 g/mol. The molecule has 1 aromatic heterocycles. The Morgan fingerprint density at radius 3 is 2.51 bits per heavy atom. The van der Waals surface area contributed by atoms with Gasteiger partial charge in [0.15, 0.2) is 23.6 Å². The molecule has 0 aliphatic carbocycles. The van der Waals surface area contributed by atoms with Crippen molar-refractivity contribution in [1.82, 2.24) is 0 Å². The molecule has 1 fully saturated rings. The van der Waals surface area contributed by atoms with E-state index in [1.165, 1.54) is 43.5 Å². The summed E-state index contributed by atoms with van der Waals surface area (Å²) in [6.07, 6.45) is -3.79. The molecule has 0 bridgehead atoms. The van der Waals surface area contributed by atoms with E-state index in [1.807, 2.05) is 19.9 Å². The maximum Gasteiger partial charge on any atom is 0.404 e. The largest absolute Gasteiger partial charge is 0.508 e. The van der Waals surface area contributed by atoms with Crippen LogP contribution in [0.4, 0.5) is 10.5 Å². The summed E-state index contributed by atoms with van der Waals surface area (Å²) in [5, 5.41) is 34.3. The summed E-state index contributed by atoms with van der Waals surface area (Å²) in [5.41, 5.74) is 4.19. The number of amides is 2. The number of carbonyl (C=O) groups excluding carboxylic acids is 2. The minimum absolute atomic E-state index is 0.0179. The molecule has 4 rings (SSSR count). The fraction of sp³-hybridized carbons (Fsp3) is 0.367. The van der Waals surface area contributed by atoms with Crippen molar-refractivity contribution in [2.45, 2.75) is 64.3 Å². The summed E-state index contributed by atoms with van der Waals surface area (Å²) in [6, 6.07) is 8.33. The van der Waals surface area contributed by atoms with Crippen molar-refractivity contribution in [1.29, 1.82) is 0 Å². The van der Waals surface area contributed by atoms with Crippen molar-refractivity contribution in [2.75, 3.05) is 12.4 Å². The summed E-state index contributed by atoms with van der Waals surface area (Å²) in [5.74, 6) is -1.14. The van der Waals surface area contributed by atoms with Crippen LogP contribution in [0.15, 0.2) is 57.3 Å². The van der Waals surface area contributed by atoms with Crippen LogP contribution in [0.25, 0.3) is 11.0 Å². The van der Waals surface area contributed by atoms with Crippen molar-refractivity contribution in [3.05, 3.63) is 69.6 Å². The summed E-state index contributed by atoms with van der Waals surface area (Å²) < 4.78 is 27.5. The molecule has 43 heavy (non-hydrogen) atoms. The Hall–Kier alpha value is -4.59. The summed E-state index contributed by atoms with van der Waals surface area (Å²) in [4.78, 5) is 37.2. The number of phenolic OH excluding ortho intramolecular Hbond substituents is 1. The number of nitrogens with one attached hydrogen (secondary N) is 1. The van der Waals surface area contributed by atoms with E-state index >= 15 is 0 Å². The number of fused-ring (bicyclic) bond motifs is 1. The zero-order valence-electron chi connectivity index (χ0n) is 24.2. The molecule has 0 spiro atoms. The number of aromatic hydroxyl groups is 2. The lowest BCUT2D eigenvalue weighted by molar-refractivity contribution is -0.304. The molecule has 0 saturated carbocycles. The summed E-state index contributed by atoms with van der Waals surface area (Å²) >= 11 is 0. The van der Waals surface area contributed by atoms with Gasteiger partial charge in [-0.3, -0.25) is 4.79 Å². The van der Waals surface area contributed by atoms with Gasteiger partial charge >= 0.3 is 11.7 Å². The van der Waals surface area contributed by atoms with Crippen LogP contribution in [-0.4, -0.2) is 64.6 Å². The molecule has 13 heteroatoms. The number of aliphatic hydroxyl groups is 1. The van der Waals surface area contributed by atoms with Gasteiger partial charge in [-0.15, -0.1) is 0 Å². The third kappa shape index (κ3) is 6.74. The predicted molar refractivity (Wildman–Crippen MR) is 154 cm³/mol. The van der Waals surface area contributed by atoms with E-state index in [-0.39, 0.29) is 28.0 Å². The molecule has 0 radical (unpaired) electrons. The molecule has 3 aromatic rings. The van der Waals surface area contributed by atoms with Gasteiger partial charge in [-0.1, -0.05) is 11.6 Å². The van der Waals surface area contributed by atoms with Gasteiger partial charge in [0.05, 0.1) is 11.0 Å². The number of phenols is 1. The second-order valence-corrected chi connectivity index (χ2v) is 10.8. The first kappa shape index (κ1) is 31.3. The minimum atomic E-state index is -1.51. The Balaban J connectivity index is 1.58. The Morgan fingerprint density at radius 1 is 1.14 bits per heavy atom. The van der Waals surface area contributed by atoms with Gasteiger partial charge in [0, 0.05) is 18.7 Å². The highest BCUT2D eigenvalue weighted by atomic mass is 16.7. The van der Waals surface area contributed by atoms with Gasteiger partial charge in [0.1, 0.15) is 23.2 Å². The topological polar surface area (TPSA) is 200 Å². The molecule has 1 aliphatic rings. The number of rotatable bonds is 8. The number of ether oxygens (including phenoxy) is 4. The molecule has 1 aliphatic heterocycles. The summed E-state index contributed by atoms with van der Waals surface area (Å²) in [7, 11) is 1.36. The first-order valence-corrected chi connectivity index (χ1v) is 13.3. The average molecular weight is 599 g/mol. The van der Waals surface area contributed by atoms with Gasteiger partial charge < -0.3 is 49.7 Å². The molecule has 230 valence electrons. The highest BCUT2D eigenvalue weighted by Gasteiger charge is 2.53. The van der Waals surface area contributed by atoms with E-state index in [0.29, 0.717) is 12.0 Å². The van der Waals surface area contributed by atoms with Crippen LogP contribution in [0, 0.1) is 0 Å². The molecule has 6 N–H and O–H groups in total. The Kier molecular flexibility index (Phi) is 8.99. The van der Waals surface area contributed by atoms with Crippen molar-refractivity contribution >= 4 is 28.7 Å². The van der Waals surface area contributed by atoms with Crippen LogP contribution >= 0.6 is 0 Å². The predicted octanol–water partition coefficient (Wildman–Crippen LogP) is 3.32. The van der Waals surface area contributed by atoms with E-state index in [2.05, 4.69) is 5.32 Å². The average Bonchev–Trinajstić information content (AvgIpc) is 2.92. The molecule has 2 heterocycles. The van der Waals surface area contributed by atoms with Crippen molar-refractivity contribution in [3.63, 3.8) is 0 Å². The number of primary amides is 1. The van der Waals surface area contributed by atoms with Gasteiger partial charge in [0.25, 0.3) is 5.91 Å². The number of carbonyl (C=O) groups is 2. The van der Waals surface area contributed by atoms with Gasteiger partial charge in [-0.25, -0.2) is 9.59 Å². The lowest BCUT2D eigenvalue weighted by atomic mass is 9.89. The molecular formula is C30H34N2O11. The van der Waals surface area contributed by atoms with E-state index < -0.39 is 59.3 Å². The first-order chi connectivity index (χ1) is 20.2. The maximum absolute atomic E-state index is 12.9. The number of hydrogen-bond acceptors (Lipinski definition) is 11. The number of benzene rings is 2. The molecule has 1 unspecified atom stereocenters. The van der Waals surface area contributed by atoms with Crippen LogP contribution in [0.5, 0.6) is 17.2 Å². The highest BCUT2D eigenvalue weighted by molar-refractivity contribution is 6.06. The van der Waals surface area contributed by atoms with Crippen molar-refractivity contribution in [2.24, 2.45) is 5.73 Å². The highest BCUT2D eigenvalue weighted by Crippen LogP contribution is 2.36. The standard InChI is InChI=1S/C30H34N2O11/c1-14(2)6-7-15-12-16(8-11-19(15)33)26(36)32-21-22(34)18-10-9-17(13-20(18)41-27(21)37)40-28-23(35)24(42-29(31)38)25(39-5)30(3,4)43-28/h6,8-13,23-25,28,33-35H,7H2,1-5H3,(H2,31,38)(H,32,36)/t23-,24-,25+,28?/m0/s1. The number of nitrogens with two attached hydrogens (primary N) is 1. The van der Waals surface area contributed by atoms with E-state index in [4.69, 9.17) is 29.1 Å². The van der Waals surface area contributed by atoms with Crippen LogP contribution < -0.4 is 21.4 Å². The third-order valence-corrected chi connectivity index (χ3v) is 6.94. The molecule has 1 saturated heterocycles. The number of allylic oxidation sites excluding steroid dienone is 2. The number of hydrogen-bond donors (Lipinski definition) is 5. The van der Waals surface area contributed by atoms with Crippen LogP contribution in [0.3, 0.4) is 0 Å². The number of methoxy groups -OCH3 is 1. The molecule has 2 amide bonds. The number of aliphatic hydroxyl groups excluding tert-OH is 1. The SMILES string of the molecule is CO[C@@H]1[C@@H](OC(N)=O)[C@H](O)C(Oc2ccc3c(O)c(NC(=O)c4ccc(O)c(CC=C(C)C)c4)c(=O)oc3c2)OC1(C)C. The third-order valence-electron chi connectivity index (χ3n) is 6.94. The van der Waals surface area contributed by atoms with Crippen LogP contribution in [0.1, 0.15) is 43.6 Å². The Morgan fingerprint density at radius 2 is 1.86 bits per heavy atom. The van der Waals surface area contributed by atoms with Crippen LogP contribution in [0.2, 0.25) is 0 Å². The van der Waals surface area contributed by atoms with Crippen LogP contribution in [-0.2, 0) is 20.6 Å². The van der Waals surface area contributed by atoms with E-state index in [0.717, 1.165) is 5.57 Å². The van der Waals surface area contributed by atoms with Crippen molar-refractivity contribution < 1.29 is 48.3 Å². The lowest BCUT2D eigenvalue weighted by Gasteiger charge is -2.47. The zero-order valence-corrected chi connectivity index (χ0v) is 24.2. The summed E-state index contributed by atoms with van der Waals surface area (Å²) in [6.45, 7) is 7.12. The maximum atomic E-state index is 12.9. The quantitative estimate of drug-likeness (QED) is 0.188. The Bertz CT molecular complexity index is 1620. The first-order valence-electron chi connectivity index (χ1n) is 13.3. The van der Waals surface area contributed by atoms with Gasteiger partial charge in [-0.05, 0) is 70.0 Å². The second-order valence-electron chi connectivity index (χ2n) is 10.8. The molecule has 4 atom stereocenters. The van der Waals surface area contributed by atoms with Crippen molar-refractivity contribution in [3.8, 4) is 17.2 Å². The smallest absolute Gasteiger partial charge is 0.404 e. The molecule has 2 aromatic carbocycles. The van der Waals surface area contributed by atoms with Gasteiger partial charge in [-0.2, -0.15) is 0 Å². The monoisotopic (exact) mass is 598 g/mol. The fourth-order valence-electron chi connectivity index (χ4n) is 4.82.